The number of ketones is 1. The van der Waals surface area contributed by atoms with E-state index in [9.17, 15) is 18.0 Å². The van der Waals surface area contributed by atoms with Crippen LogP contribution in [0.25, 0.3) is 0 Å². The average Bonchev–Trinajstić information content (AvgIpc) is 2.17. The van der Waals surface area contributed by atoms with Gasteiger partial charge in [0.05, 0.1) is 0 Å². The second kappa shape index (κ2) is 4.94. The van der Waals surface area contributed by atoms with E-state index in [0.29, 0.717) is 25.4 Å². The van der Waals surface area contributed by atoms with E-state index in [2.05, 4.69) is 0 Å². The number of alkyl halides is 3. The summed E-state index contributed by atoms with van der Waals surface area (Å²) >= 11 is 0. The molecule has 0 fully saturated rings. The molecule has 104 valence electrons. The smallest absolute Gasteiger partial charge is 0.377 e. The van der Waals surface area contributed by atoms with Gasteiger partial charge < -0.3 is 4.90 Å². The first-order valence-corrected chi connectivity index (χ1v) is 6.12. The van der Waals surface area contributed by atoms with Gasteiger partial charge >= 0.3 is 6.18 Å². The van der Waals surface area contributed by atoms with Crippen LogP contribution in [0.3, 0.4) is 0 Å². The topological polar surface area (TPSA) is 20.3 Å². The van der Waals surface area contributed by atoms with Crippen LogP contribution in [-0.4, -0.2) is 29.9 Å². The third-order valence-electron chi connectivity index (χ3n) is 3.17. The van der Waals surface area contributed by atoms with E-state index in [4.69, 9.17) is 0 Å². The average molecular weight is 263 g/mol. The SMILES string of the molecule is CC(C)CN1C=C(C(=O)C(F)(F)F)C(C)(C)CC1. The quantitative estimate of drug-likeness (QED) is 0.778. The summed E-state index contributed by atoms with van der Waals surface area (Å²) in [6, 6.07) is 0. The van der Waals surface area contributed by atoms with Crippen molar-refractivity contribution >= 4 is 5.78 Å². The fourth-order valence-corrected chi connectivity index (χ4v) is 2.11. The molecule has 18 heavy (non-hydrogen) atoms. The van der Waals surface area contributed by atoms with Gasteiger partial charge in [0, 0.05) is 24.9 Å². The van der Waals surface area contributed by atoms with Crippen molar-refractivity contribution in [3.05, 3.63) is 11.8 Å². The van der Waals surface area contributed by atoms with Crippen LogP contribution in [0.1, 0.15) is 34.1 Å². The molecular weight excluding hydrogens is 243 g/mol. The molecule has 2 nitrogen and oxygen atoms in total. The molecule has 0 saturated carbocycles. The van der Waals surface area contributed by atoms with Crippen molar-refractivity contribution in [3.8, 4) is 0 Å². The molecule has 1 heterocycles. The van der Waals surface area contributed by atoms with Crippen molar-refractivity contribution in [1.29, 1.82) is 0 Å². The Hall–Kier alpha value is -1.00. The molecule has 1 aliphatic rings. The first-order chi connectivity index (χ1) is 8.04. The summed E-state index contributed by atoms with van der Waals surface area (Å²) in [7, 11) is 0. The number of halogens is 3. The lowest BCUT2D eigenvalue weighted by molar-refractivity contribution is -0.168. The normalized spacial score (nSPS) is 20.0. The molecule has 0 radical (unpaired) electrons. The van der Waals surface area contributed by atoms with E-state index in [1.807, 2.05) is 18.7 Å². The van der Waals surface area contributed by atoms with E-state index >= 15 is 0 Å². The van der Waals surface area contributed by atoms with Gasteiger partial charge in [-0.1, -0.05) is 27.7 Å². The minimum absolute atomic E-state index is 0.123. The third kappa shape index (κ3) is 3.50. The molecule has 5 heteroatoms. The molecule has 0 aromatic carbocycles. The van der Waals surface area contributed by atoms with E-state index in [0.717, 1.165) is 0 Å². The third-order valence-corrected chi connectivity index (χ3v) is 3.17. The maximum atomic E-state index is 12.6. The van der Waals surface area contributed by atoms with Gasteiger partial charge in [0.25, 0.3) is 5.78 Å². The van der Waals surface area contributed by atoms with Crippen molar-refractivity contribution in [2.45, 2.75) is 40.3 Å². The van der Waals surface area contributed by atoms with Crippen LogP contribution in [0.15, 0.2) is 11.8 Å². The zero-order valence-corrected chi connectivity index (χ0v) is 11.3. The van der Waals surface area contributed by atoms with Crippen molar-refractivity contribution in [1.82, 2.24) is 4.90 Å². The standard InChI is InChI=1S/C13H20F3NO/c1-9(2)7-17-6-5-12(3,4)10(8-17)11(18)13(14,15)16/h8-9H,5-7H2,1-4H3. The summed E-state index contributed by atoms with van der Waals surface area (Å²) < 4.78 is 37.7. The number of rotatable bonds is 3. The Kier molecular flexibility index (Phi) is 4.13. The number of hydrogen-bond acceptors (Lipinski definition) is 2. The molecule has 0 unspecified atom stereocenters. The first kappa shape index (κ1) is 15.1. The van der Waals surface area contributed by atoms with Crippen LogP contribution in [-0.2, 0) is 4.79 Å². The van der Waals surface area contributed by atoms with Crippen LogP contribution in [0.4, 0.5) is 13.2 Å². The molecule has 0 atom stereocenters. The lowest BCUT2D eigenvalue weighted by Gasteiger charge is -2.37. The predicted molar refractivity (Wildman–Crippen MR) is 64.0 cm³/mol. The highest BCUT2D eigenvalue weighted by Crippen LogP contribution is 2.38. The van der Waals surface area contributed by atoms with Crippen molar-refractivity contribution < 1.29 is 18.0 Å². The van der Waals surface area contributed by atoms with Gasteiger partial charge in [0.1, 0.15) is 0 Å². The fourth-order valence-electron chi connectivity index (χ4n) is 2.11. The van der Waals surface area contributed by atoms with Gasteiger partial charge in [0.2, 0.25) is 0 Å². The zero-order valence-electron chi connectivity index (χ0n) is 11.3. The Morgan fingerprint density at radius 3 is 2.44 bits per heavy atom. The number of Topliss-reactive ketones (excluding diaryl/α,β-unsaturated/α-hetero) is 1. The summed E-state index contributed by atoms with van der Waals surface area (Å²) in [5, 5.41) is 0. The molecule has 0 spiro atoms. The Morgan fingerprint density at radius 1 is 1.44 bits per heavy atom. The number of carbonyl (C=O) groups is 1. The summed E-state index contributed by atoms with van der Waals surface area (Å²) in [5.74, 6) is -1.36. The van der Waals surface area contributed by atoms with Crippen LogP contribution >= 0.6 is 0 Å². The highest BCUT2D eigenvalue weighted by molar-refractivity contribution is 6.00. The molecule has 0 saturated heterocycles. The van der Waals surface area contributed by atoms with Crippen LogP contribution in [0, 0.1) is 11.3 Å². The summed E-state index contributed by atoms with van der Waals surface area (Å²) in [6.45, 7) is 8.74. The highest BCUT2D eigenvalue weighted by Gasteiger charge is 2.46. The molecule has 1 rings (SSSR count). The molecule has 0 aliphatic carbocycles. The molecular formula is C13H20F3NO. The minimum atomic E-state index is -4.79. The molecule has 1 aliphatic heterocycles. The fraction of sp³-hybridized carbons (Fsp3) is 0.769. The van der Waals surface area contributed by atoms with Crippen molar-refractivity contribution in [3.63, 3.8) is 0 Å². The lowest BCUT2D eigenvalue weighted by Crippen LogP contribution is -2.40. The maximum absolute atomic E-state index is 12.6. The number of carbonyl (C=O) groups excluding carboxylic acids is 1. The van der Waals surface area contributed by atoms with E-state index < -0.39 is 17.4 Å². The molecule has 0 N–H and O–H groups in total. The van der Waals surface area contributed by atoms with E-state index in [1.54, 1.807) is 13.8 Å². The summed E-state index contributed by atoms with van der Waals surface area (Å²) in [5.41, 5.74) is -0.831. The summed E-state index contributed by atoms with van der Waals surface area (Å²) in [4.78, 5) is 13.3. The second-order valence-corrected chi connectivity index (χ2v) is 5.89. The van der Waals surface area contributed by atoms with Crippen molar-refractivity contribution in [2.24, 2.45) is 11.3 Å². The molecule has 0 aromatic rings. The van der Waals surface area contributed by atoms with Crippen LogP contribution < -0.4 is 0 Å². The summed E-state index contributed by atoms with van der Waals surface area (Å²) in [6.07, 6.45) is -2.82. The zero-order chi connectivity index (χ0) is 14.1. The number of nitrogens with zero attached hydrogens (tertiary/aromatic N) is 1. The largest absolute Gasteiger partial charge is 0.454 e. The Bertz CT molecular complexity index is 356. The van der Waals surface area contributed by atoms with Gasteiger partial charge in [-0.15, -0.1) is 0 Å². The molecule has 0 aromatic heterocycles. The van der Waals surface area contributed by atoms with Crippen molar-refractivity contribution in [2.75, 3.05) is 13.1 Å². The van der Waals surface area contributed by atoms with Crippen LogP contribution in [0.2, 0.25) is 0 Å². The van der Waals surface area contributed by atoms with Crippen LogP contribution in [0.5, 0.6) is 0 Å². The Balaban J connectivity index is 3.01. The highest BCUT2D eigenvalue weighted by atomic mass is 19.4. The Labute approximate surface area is 106 Å². The maximum Gasteiger partial charge on any atom is 0.454 e. The Morgan fingerprint density at radius 2 is 2.00 bits per heavy atom. The monoisotopic (exact) mass is 263 g/mol. The van der Waals surface area contributed by atoms with Gasteiger partial charge in [0.15, 0.2) is 0 Å². The lowest BCUT2D eigenvalue weighted by atomic mass is 9.77. The molecule has 0 bridgehead atoms. The van der Waals surface area contributed by atoms with Gasteiger partial charge in [-0.05, 0) is 17.8 Å². The van der Waals surface area contributed by atoms with Gasteiger partial charge in [-0.2, -0.15) is 13.2 Å². The van der Waals surface area contributed by atoms with Gasteiger partial charge in [-0.3, -0.25) is 4.79 Å². The first-order valence-electron chi connectivity index (χ1n) is 6.12. The number of hydrogen-bond donors (Lipinski definition) is 0. The minimum Gasteiger partial charge on any atom is -0.377 e. The number of allylic oxidation sites excluding steroid dienone is 1. The second-order valence-electron chi connectivity index (χ2n) is 5.89. The van der Waals surface area contributed by atoms with E-state index in [-0.39, 0.29) is 5.57 Å². The van der Waals surface area contributed by atoms with E-state index in [1.165, 1.54) is 6.20 Å². The van der Waals surface area contributed by atoms with Gasteiger partial charge in [-0.25, -0.2) is 0 Å². The predicted octanol–water partition coefficient (Wildman–Crippen LogP) is 3.39. The molecule has 0 amide bonds.